The average Bonchev–Trinajstić information content (AvgIpc) is 2.49. The summed E-state index contributed by atoms with van der Waals surface area (Å²) in [6.45, 7) is 1.64. The molecule has 3 N–H and O–H groups in total. The maximum absolute atomic E-state index is 12.2. The molecule has 8 nitrogen and oxygen atoms in total. The van der Waals surface area contributed by atoms with Crippen molar-refractivity contribution in [1.82, 2.24) is 19.9 Å². The molecule has 3 rings (SSSR count). The first-order valence-corrected chi connectivity index (χ1v) is 8.97. The molecule has 3 heterocycles. The monoisotopic (exact) mass is 335 g/mol. The van der Waals surface area contributed by atoms with Gasteiger partial charge in [-0.3, -0.25) is 14.7 Å². The fraction of sp³-hybridized carbons (Fsp3) is 0.357. The van der Waals surface area contributed by atoms with Crippen molar-refractivity contribution in [1.29, 1.82) is 0 Å². The molecule has 0 saturated heterocycles. The molecule has 1 aliphatic heterocycles. The minimum Gasteiger partial charge on any atom is -0.383 e. The molecule has 122 valence electrons. The van der Waals surface area contributed by atoms with E-state index in [-0.39, 0.29) is 5.16 Å². The number of pyridine rings is 1. The van der Waals surface area contributed by atoms with Gasteiger partial charge in [-0.05, 0) is 6.07 Å². The number of fused-ring (bicyclic) bond motifs is 1. The van der Waals surface area contributed by atoms with Gasteiger partial charge in [0.15, 0.2) is 0 Å². The van der Waals surface area contributed by atoms with Gasteiger partial charge in [-0.25, -0.2) is 18.4 Å². The normalized spacial score (nSPS) is 15.3. The summed E-state index contributed by atoms with van der Waals surface area (Å²) in [5.74, 6) is 0.470. The van der Waals surface area contributed by atoms with Crippen molar-refractivity contribution in [3.05, 3.63) is 45.5 Å². The van der Waals surface area contributed by atoms with E-state index < -0.39 is 15.4 Å². The zero-order chi connectivity index (χ0) is 16.6. The van der Waals surface area contributed by atoms with E-state index in [2.05, 4.69) is 19.9 Å². The van der Waals surface area contributed by atoms with Gasteiger partial charge in [0.2, 0.25) is 15.0 Å². The average molecular weight is 335 g/mol. The summed E-state index contributed by atoms with van der Waals surface area (Å²) in [6, 6.07) is 3.71. The van der Waals surface area contributed by atoms with Crippen LogP contribution in [0.4, 0.5) is 5.82 Å². The van der Waals surface area contributed by atoms with Crippen LogP contribution in [-0.4, -0.2) is 41.1 Å². The highest BCUT2D eigenvalue weighted by atomic mass is 32.2. The van der Waals surface area contributed by atoms with Gasteiger partial charge in [0.05, 0.1) is 11.3 Å². The van der Waals surface area contributed by atoms with Crippen LogP contribution in [0.1, 0.15) is 16.8 Å². The van der Waals surface area contributed by atoms with Crippen LogP contribution in [0.3, 0.4) is 0 Å². The number of H-pyrrole nitrogens is 1. The number of hydrogen-bond donors (Lipinski definition) is 2. The molecule has 2 aromatic heterocycles. The van der Waals surface area contributed by atoms with Gasteiger partial charge in [0.25, 0.3) is 5.56 Å². The number of nitrogens with two attached hydrogens (primary N) is 1. The number of nitrogens with one attached hydrogen (secondary N) is 1. The third-order valence-electron chi connectivity index (χ3n) is 3.80. The van der Waals surface area contributed by atoms with Crippen molar-refractivity contribution >= 4 is 15.7 Å². The number of nitrogen functional groups attached to an aromatic ring is 1. The summed E-state index contributed by atoms with van der Waals surface area (Å²) < 4.78 is 23.1. The van der Waals surface area contributed by atoms with Crippen molar-refractivity contribution in [2.45, 2.75) is 24.7 Å². The third-order valence-corrected chi connectivity index (χ3v) is 4.69. The molecule has 1 aliphatic rings. The molecule has 0 radical (unpaired) electrons. The number of hydrogen-bond acceptors (Lipinski definition) is 7. The SMILES string of the molecule is CS(=O)(=O)c1nc2c(c(=O)[nH]1)CN(Cc1cccnc1N)CC2. The summed E-state index contributed by atoms with van der Waals surface area (Å²) in [5, 5.41) is -0.272. The van der Waals surface area contributed by atoms with Crippen molar-refractivity contribution in [2.75, 3.05) is 18.5 Å². The van der Waals surface area contributed by atoms with Crippen LogP contribution in [-0.2, 0) is 29.3 Å². The fourth-order valence-electron chi connectivity index (χ4n) is 2.59. The molecule has 0 unspecified atom stereocenters. The van der Waals surface area contributed by atoms with Gasteiger partial charge >= 0.3 is 0 Å². The van der Waals surface area contributed by atoms with Gasteiger partial charge in [-0.15, -0.1) is 0 Å². The smallest absolute Gasteiger partial charge is 0.256 e. The maximum Gasteiger partial charge on any atom is 0.256 e. The highest BCUT2D eigenvalue weighted by molar-refractivity contribution is 7.90. The molecule has 2 aromatic rings. The van der Waals surface area contributed by atoms with E-state index in [9.17, 15) is 13.2 Å². The van der Waals surface area contributed by atoms with Crippen molar-refractivity contribution < 1.29 is 8.42 Å². The topological polar surface area (TPSA) is 122 Å². The summed E-state index contributed by atoms with van der Waals surface area (Å²) >= 11 is 0. The molecule has 0 bridgehead atoms. The van der Waals surface area contributed by atoms with E-state index in [0.29, 0.717) is 43.1 Å². The largest absolute Gasteiger partial charge is 0.383 e. The Bertz CT molecular complexity index is 907. The van der Waals surface area contributed by atoms with Crippen LogP contribution in [0.15, 0.2) is 28.3 Å². The Hall–Kier alpha value is -2.26. The van der Waals surface area contributed by atoms with Crippen LogP contribution >= 0.6 is 0 Å². The summed E-state index contributed by atoms with van der Waals surface area (Å²) in [4.78, 5) is 24.7. The lowest BCUT2D eigenvalue weighted by atomic mass is 10.1. The number of aromatic nitrogens is 3. The second-order valence-corrected chi connectivity index (χ2v) is 7.51. The number of sulfone groups is 1. The Balaban J connectivity index is 1.87. The lowest BCUT2D eigenvalue weighted by Gasteiger charge is -2.27. The zero-order valence-corrected chi connectivity index (χ0v) is 13.4. The Morgan fingerprint density at radius 1 is 1.43 bits per heavy atom. The standard InChI is InChI=1S/C14H17N5O3S/c1-23(21,22)14-17-11-4-6-19(8-10(11)13(20)18-14)7-9-3-2-5-16-12(9)15/h2-3,5H,4,6-8H2,1H3,(H2,15,16)(H,17,18,20). The highest BCUT2D eigenvalue weighted by Crippen LogP contribution is 2.18. The first-order valence-electron chi connectivity index (χ1n) is 7.08. The van der Waals surface area contributed by atoms with Gasteiger partial charge in [0, 0.05) is 44.1 Å². The minimum absolute atomic E-state index is 0.272. The number of nitrogens with zero attached hydrogens (tertiary/aromatic N) is 3. The molecule has 0 aliphatic carbocycles. The summed E-state index contributed by atoms with van der Waals surface area (Å²) in [5.41, 5.74) is 7.39. The van der Waals surface area contributed by atoms with Crippen LogP contribution < -0.4 is 11.3 Å². The predicted octanol–water partition coefficient (Wildman–Crippen LogP) is -0.291. The first-order chi connectivity index (χ1) is 10.8. The molecule has 0 aromatic carbocycles. The van der Waals surface area contributed by atoms with Crippen molar-refractivity contribution in [2.24, 2.45) is 0 Å². The Kier molecular flexibility index (Phi) is 3.90. The number of rotatable bonds is 3. The van der Waals surface area contributed by atoms with E-state index in [1.165, 1.54) is 0 Å². The van der Waals surface area contributed by atoms with Gasteiger partial charge in [-0.1, -0.05) is 6.07 Å². The van der Waals surface area contributed by atoms with E-state index in [1.807, 2.05) is 12.1 Å². The van der Waals surface area contributed by atoms with Crippen LogP contribution in [0.5, 0.6) is 0 Å². The summed E-state index contributed by atoms with van der Waals surface area (Å²) in [6.07, 6.45) is 3.17. The fourth-order valence-corrected chi connectivity index (χ4v) is 3.15. The highest BCUT2D eigenvalue weighted by Gasteiger charge is 2.23. The van der Waals surface area contributed by atoms with Gasteiger partial charge in [-0.2, -0.15) is 0 Å². The van der Waals surface area contributed by atoms with E-state index in [0.717, 1.165) is 11.8 Å². The second kappa shape index (κ2) is 5.74. The molecule has 0 saturated carbocycles. The summed E-state index contributed by atoms with van der Waals surface area (Å²) in [7, 11) is -3.53. The Morgan fingerprint density at radius 2 is 2.22 bits per heavy atom. The van der Waals surface area contributed by atoms with Crippen LogP contribution in [0.2, 0.25) is 0 Å². The molecule has 0 atom stereocenters. The minimum atomic E-state index is -3.53. The molecule has 0 fully saturated rings. The Morgan fingerprint density at radius 3 is 2.91 bits per heavy atom. The van der Waals surface area contributed by atoms with E-state index in [1.54, 1.807) is 6.20 Å². The van der Waals surface area contributed by atoms with Gasteiger partial charge < -0.3 is 5.73 Å². The first kappa shape index (κ1) is 15.6. The van der Waals surface area contributed by atoms with E-state index in [4.69, 9.17) is 5.73 Å². The maximum atomic E-state index is 12.2. The van der Waals surface area contributed by atoms with Crippen LogP contribution in [0.25, 0.3) is 0 Å². The molecular weight excluding hydrogens is 318 g/mol. The predicted molar refractivity (Wildman–Crippen MR) is 84.4 cm³/mol. The lowest BCUT2D eigenvalue weighted by molar-refractivity contribution is 0.241. The Labute approximate surface area is 133 Å². The second-order valence-electron chi connectivity index (χ2n) is 5.58. The third kappa shape index (κ3) is 3.25. The van der Waals surface area contributed by atoms with Crippen LogP contribution in [0, 0.1) is 0 Å². The lowest BCUT2D eigenvalue weighted by Crippen LogP contribution is -2.36. The number of anilines is 1. The zero-order valence-electron chi connectivity index (χ0n) is 12.6. The molecule has 0 spiro atoms. The quantitative estimate of drug-likeness (QED) is 0.739. The van der Waals surface area contributed by atoms with Crippen molar-refractivity contribution in [3.8, 4) is 0 Å². The van der Waals surface area contributed by atoms with Gasteiger partial charge in [0.1, 0.15) is 5.82 Å². The molecule has 23 heavy (non-hydrogen) atoms. The van der Waals surface area contributed by atoms with Crippen molar-refractivity contribution in [3.63, 3.8) is 0 Å². The number of aromatic amines is 1. The van der Waals surface area contributed by atoms with E-state index >= 15 is 0 Å². The molecular formula is C14H17N5O3S. The molecule has 9 heteroatoms. The molecule has 0 amide bonds.